The van der Waals surface area contributed by atoms with Crippen LogP contribution in [0.25, 0.3) is 0 Å². The summed E-state index contributed by atoms with van der Waals surface area (Å²) in [6, 6.07) is 0. The van der Waals surface area contributed by atoms with Gasteiger partial charge in [-0.25, -0.2) is 0 Å². The second-order valence-corrected chi connectivity index (χ2v) is 3.74. The van der Waals surface area contributed by atoms with Gasteiger partial charge in [0.1, 0.15) is 13.4 Å². The third-order valence-electron chi connectivity index (χ3n) is 1.59. The normalized spacial score (nSPS) is 12.3. The van der Waals surface area contributed by atoms with Crippen LogP contribution < -0.4 is 0 Å². The summed E-state index contributed by atoms with van der Waals surface area (Å²) in [5.74, 6) is -0.879. The molecular weight excluding hydrogens is 228 g/mol. The summed E-state index contributed by atoms with van der Waals surface area (Å²) in [6.07, 6.45) is -0.539. The molecule has 6 heteroatoms. The Labute approximate surface area is 101 Å². The molecule has 0 N–H and O–H groups in total. The zero-order valence-corrected chi connectivity index (χ0v) is 10.7. The number of carbonyl (C=O) groups is 2. The third kappa shape index (κ3) is 11.1. The quantitative estimate of drug-likeness (QED) is 0.361. The van der Waals surface area contributed by atoms with E-state index in [1.165, 1.54) is 13.8 Å². The van der Waals surface area contributed by atoms with Gasteiger partial charge in [-0.2, -0.15) is 0 Å². The number of rotatable bonds is 8. The molecule has 0 fully saturated rings. The fourth-order valence-corrected chi connectivity index (χ4v) is 0.925. The van der Waals surface area contributed by atoms with Gasteiger partial charge >= 0.3 is 11.9 Å². The summed E-state index contributed by atoms with van der Waals surface area (Å²) in [5, 5.41) is 0. The van der Waals surface area contributed by atoms with Crippen LogP contribution in [0.5, 0.6) is 0 Å². The van der Waals surface area contributed by atoms with Crippen LogP contribution in [0.2, 0.25) is 0 Å². The molecule has 0 bridgehead atoms. The minimum absolute atomic E-state index is 0.0173. The second kappa shape index (κ2) is 8.95. The molecule has 0 aromatic rings. The average Bonchev–Trinajstić information content (AvgIpc) is 2.19. The summed E-state index contributed by atoms with van der Waals surface area (Å²) in [5.41, 5.74) is 0. The molecule has 0 aliphatic rings. The van der Waals surface area contributed by atoms with Crippen LogP contribution in [-0.2, 0) is 28.5 Å². The van der Waals surface area contributed by atoms with Gasteiger partial charge in [-0.15, -0.1) is 0 Å². The minimum Gasteiger partial charge on any atom is -0.462 e. The number of ether oxygens (including phenoxy) is 4. The second-order valence-electron chi connectivity index (χ2n) is 3.74. The molecule has 6 nitrogen and oxygen atoms in total. The Hall–Kier alpha value is -1.14. The lowest BCUT2D eigenvalue weighted by Gasteiger charge is -2.17. The van der Waals surface area contributed by atoms with Crippen LogP contribution in [0.15, 0.2) is 0 Å². The van der Waals surface area contributed by atoms with Gasteiger partial charge in [-0.05, 0) is 13.8 Å². The monoisotopic (exact) mass is 248 g/mol. The first-order chi connectivity index (χ1) is 7.91. The molecule has 17 heavy (non-hydrogen) atoms. The first kappa shape index (κ1) is 15.9. The minimum atomic E-state index is -0.604. The van der Waals surface area contributed by atoms with E-state index in [0.29, 0.717) is 0 Å². The van der Waals surface area contributed by atoms with Gasteiger partial charge in [0, 0.05) is 13.8 Å². The molecule has 0 aromatic heterocycles. The maximum Gasteiger partial charge on any atom is 0.303 e. The largest absolute Gasteiger partial charge is 0.462 e. The predicted octanol–water partition coefficient (Wildman–Crippen LogP) is 0.880. The molecular formula is C11H20O6. The van der Waals surface area contributed by atoms with Crippen LogP contribution >= 0.6 is 0 Å². The zero-order chi connectivity index (χ0) is 13.3. The zero-order valence-electron chi connectivity index (χ0n) is 10.7. The summed E-state index contributed by atoms with van der Waals surface area (Å²) in [7, 11) is 0. The summed E-state index contributed by atoms with van der Waals surface area (Å²) in [4.78, 5) is 21.4. The highest BCUT2D eigenvalue weighted by atomic mass is 16.7. The fourth-order valence-electron chi connectivity index (χ4n) is 0.925. The van der Waals surface area contributed by atoms with E-state index in [0.717, 1.165) is 0 Å². The molecule has 0 heterocycles. The first-order valence-electron chi connectivity index (χ1n) is 5.41. The summed E-state index contributed by atoms with van der Waals surface area (Å²) < 4.78 is 20.0. The van der Waals surface area contributed by atoms with Crippen molar-refractivity contribution in [3.8, 4) is 0 Å². The van der Waals surface area contributed by atoms with E-state index >= 15 is 0 Å². The van der Waals surface area contributed by atoms with Gasteiger partial charge < -0.3 is 18.9 Å². The number of hydrogen-bond acceptors (Lipinski definition) is 6. The molecule has 0 saturated carbocycles. The van der Waals surface area contributed by atoms with E-state index in [1.807, 2.05) is 13.8 Å². The Morgan fingerprint density at radius 1 is 1.06 bits per heavy atom. The van der Waals surface area contributed by atoms with E-state index < -0.39 is 18.0 Å². The van der Waals surface area contributed by atoms with Crippen molar-refractivity contribution in [2.24, 2.45) is 0 Å². The van der Waals surface area contributed by atoms with Crippen LogP contribution in [-0.4, -0.2) is 44.2 Å². The molecule has 0 rings (SSSR count). The molecule has 100 valence electrons. The van der Waals surface area contributed by atoms with Crippen molar-refractivity contribution in [1.82, 2.24) is 0 Å². The topological polar surface area (TPSA) is 71.1 Å². The summed E-state index contributed by atoms with van der Waals surface area (Å²) in [6.45, 7) is 6.54. The molecule has 1 unspecified atom stereocenters. The SMILES string of the molecule is CC(=O)OCC(COCOC(C)C)OC(C)=O. The molecule has 0 spiro atoms. The lowest BCUT2D eigenvalue weighted by atomic mass is 10.4. The lowest BCUT2D eigenvalue weighted by Crippen LogP contribution is -2.29. The molecule has 0 amide bonds. The number of hydrogen-bond donors (Lipinski definition) is 0. The maximum absolute atomic E-state index is 10.8. The van der Waals surface area contributed by atoms with E-state index in [2.05, 4.69) is 0 Å². The maximum atomic E-state index is 10.8. The first-order valence-corrected chi connectivity index (χ1v) is 5.41. The predicted molar refractivity (Wildman–Crippen MR) is 59.2 cm³/mol. The summed E-state index contributed by atoms with van der Waals surface area (Å²) >= 11 is 0. The molecule has 0 aromatic carbocycles. The fraction of sp³-hybridized carbons (Fsp3) is 0.818. The number of esters is 2. The molecule has 0 aliphatic heterocycles. The van der Waals surface area contributed by atoms with Gasteiger partial charge in [0.2, 0.25) is 0 Å². The van der Waals surface area contributed by atoms with E-state index in [-0.39, 0.29) is 26.1 Å². The van der Waals surface area contributed by atoms with Gasteiger partial charge in [0.25, 0.3) is 0 Å². The van der Waals surface area contributed by atoms with Gasteiger partial charge in [0.15, 0.2) is 6.10 Å². The van der Waals surface area contributed by atoms with Gasteiger partial charge in [-0.1, -0.05) is 0 Å². The average molecular weight is 248 g/mol. The molecule has 0 saturated heterocycles. The Morgan fingerprint density at radius 3 is 2.18 bits per heavy atom. The van der Waals surface area contributed by atoms with Crippen molar-refractivity contribution >= 4 is 11.9 Å². The van der Waals surface area contributed by atoms with E-state index in [9.17, 15) is 9.59 Å². The van der Waals surface area contributed by atoms with Crippen molar-refractivity contribution in [2.45, 2.75) is 39.9 Å². The molecule has 1 atom stereocenters. The van der Waals surface area contributed by atoms with Gasteiger partial charge in [-0.3, -0.25) is 9.59 Å². The molecule has 0 radical (unpaired) electrons. The Bertz CT molecular complexity index is 238. The van der Waals surface area contributed by atoms with Crippen molar-refractivity contribution in [2.75, 3.05) is 20.0 Å². The number of carbonyl (C=O) groups excluding carboxylic acids is 2. The highest BCUT2D eigenvalue weighted by molar-refractivity contribution is 5.67. The molecule has 0 aliphatic carbocycles. The van der Waals surface area contributed by atoms with Crippen LogP contribution in [0.4, 0.5) is 0 Å². The van der Waals surface area contributed by atoms with Crippen molar-refractivity contribution in [3.05, 3.63) is 0 Å². The lowest BCUT2D eigenvalue weighted by molar-refractivity contribution is -0.165. The highest BCUT2D eigenvalue weighted by Crippen LogP contribution is 1.98. The standard InChI is InChI=1S/C11H20O6/c1-8(2)16-7-14-5-11(17-10(4)13)6-15-9(3)12/h8,11H,5-7H2,1-4H3. The van der Waals surface area contributed by atoms with Crippen molar-refractivity contribution in [3.63, 3.8) is 0 Å². The smallest absolute Gasteiger partial charge is 0.303 e. The van der Waals surface area contributed by atoms with Crippen LogP contribution in [0, 0.1) is 0 Å². The Morgan fingerprint density at radius 2 is 1.71 bits per heavy atom. The highest BCUT2D eigenvalue weighted by Gasteiger charge is 2.14. The van der Waals surface area contributed by atoms with Crippen LogP contribution in [0.1, 0.15) is 27.7 Å². The Balaban J connectivity index is 3.84. The van der Waals surface area contributed by atoms with Crippen molar-refractivity contribution in [1.29, 1.82) is 0 Å². The Kier molecular flexibility index (Phi) is 8.35. The van der Waals surface area contributed by atoms with E-state index in [4.69, 9.17) is 18.9 Å². The van der Waals surface area contributed by atoms with Crippen molar-refractivity contribution < 1.29 is 28.5 Å². The third-order valence-corrected chi connectivity index (χ3v) is 1.59. The van der Waals surface area contributed by atoms with E-state index in [1.54, 1.807) is 0 Å². The van der Waals surface area contributed by atoms with Crippen LogP contribution in [0.3, 0.4) is 0 Å². The van der Waals surface area contributed by atoms with Gasteiger partial charge in [0.05, 0.1) is 12.7 Å².